The van der Waals surface area contributed by atoms with Crippen LogP contribution in [-0.2, 0) is 17.8 Å². The normalized spacial score (nSPS) is 15.2. The van der Waals surface area contributed by atoms with Gasteiger partial charge in [0.25, 0.3) is 0 Å². The maximum absolute atomic E-state index is 6.10. The maximum Gasteiger partial charge on any atom is 0.224 e. The third kappa shape index (κ3) is 4.60. The molecule has 7 heteroatoms. The Balaban J connectivity index is 1.68. The first kappa shape index (κ1) is 16.1. The summed E-state index contributed by atoms with van der Waals surface area (Å²) < 4.78 is 5.38. The van der Waals surface area contributed by atoms with Crippen LogP contribution in [0.15, 0.2) is 30.6 Å². The Kier molecular flexibility index (Phi) is 5.38. The molecule has 3 heterocycles. The highest BCUT2D eigenvalue weighted by molar-refractivity contribution is 6.28. The summed E-state index contributed by atoms with van der Waals surface area (Å²) in [4.78, 5) is 17.2. The van der Waals surface area contributed by atoms with E-state index in [1.807, 2.05) is 18.3 Å². The van der Waals surface area contributed by atoms with Crippen LogP contribution in [0.5, 0.6) is 0 Å². The average molecular weight is 334 g/mol. The Morgan fingerprint density at radius 3 is 2.83 bits per heavy atom. The molecule has 0 N–H and O–H groups in total. The van der Waals surface area contributed by atoms with Crippen molar-refractivity contribution in [2.75, 3.05) is 38.3 Å². The molecular formula is C16H20ClN5O. The third-order valence-electron chi connectivity index (χ3n) is 3.68. The van der Waals surface area contributed by atoms with Crippen LogP contribution in [0.4, 0.5) is 5.82 Å². The van der Waals surface area contributed by atoms with E-state index in [4.69, 9.17) is 16.3 Å². The van der Waals surface area contributed by atoms with Gasteiger partial charge in [-0.25, -0.2) is 9.97 Å². The van der Waals surface area contributed by atoms with Crippen molar-refractivity contribution in [1.82, 2.24) is 19.9 Å². The molecule has 1 fully saturated rings. The summed E-state index contributed by atoms with van der Waals surface area (Å²) >= 11 is 6.10. The van der Waals surface area contributed by atoms with E-state index in [1.165, 1.54) is 5.56 Å². The van der Waals surface area contributed by atoms with Crippen molar-refractivity contribution in [2.45, 2.75) is 13.1 Å². The fourth-order valence-corrected chi connectivity index (χ4v) is 2.82. The number of aromatic nitrogens is 3. The second-order valence-corrected chi connectivity index (χ2v) is 5.96. The molecule has 0 saturated carbocycles. The summed E-state index contributed by atoms with van der Waals surface area (Å²) in [6.07, 6.45) is 3.66. The Morgan fingerprint density at radius 2 is 2.09 bits per heavy atom. The number of ether oxygens (including phenoxy) is 1. The van der Waals surface area contributed by atoms with Crippen LogP contribution in [0.3, 0.4) is 0 Å². The van der Waals surface area contributed by atoms with Crippen molar-refractivity contribution in [2.24, 2.45) is 0 Å². The van der Waals surface area contributed by atoms with E-state index in [2.05, 4.69) is 37.9 Å². The highest BCUT2D eigenvalue weighted by atomic mass is 35.5. The highest BCUT2D eigenvalue weighted by Crippen LogP contribution is 2.18. The number of nitrogens with zero attached hydrogens (tertiary/aromatic N) is 5. The van der Waals surface area contributed by atoms with Gasteiger partial charge in [0, 0.05) is 44.6 Å². The zero-order chi connectivity index (χ0) is 16.1. The molecule has 23 heavy (non-hydrogen) atoms. The molecule has 122 valence electrons. The monoisotopic (exact) mass is 333 g/mol. The fourth-order valence-electron chi connectivity index (χ4n) is 2.62. The molecule has 1 aliphatic heterocycles. The lowest BCUT2D eigenvalue weighted by atomic mass is 10.2. The fraction of sp³-hybridized carbons (Fsp3) is 0.438. The molecule has 0 atom stereocenters. The van der Waals surface area contributed by atoms with Gasteiger partial charge in [0.05, 0.1) is 18.9 Å². The van der Waals surface area contributed by atoms with E-state index in [1.54, 1.807) is 6.20 Å². The zero-order valence-corrected chi connectivity index (χ0v) is 13.9. The molecule has 0 bridgehead atoms. The van der Waals surface area contributed by atoms with Gasteiger partial charge in [-0.15, -0.1) is 0 Å². The second-order valence-electron chi connectivity index (χ2n) is 5.62. The van der Waals surface area contributed by atoms with Crippen LogP contribution >= 0.6 is 11.6 Å². The zero-order valence-electron chi connectivity index (χ0n) is 13.2. The Labute approximate surface area is 141 Å². The molecule has 0 amide bonds. The minimum absolute atomic E-state index is 0.291. The van der Waals surface area contributed by atoms with Crippen LogP contribution in [-0.4, -0.2) is 53.2 Å². The standard InChI is InChI=1S/C16H20ClN5O/c1-21(11-13-3-2-4-18-10-13)12-14-9-15(20-16(17)19-14)22-5-7-23-8-6-22/h2-4,9-10H,5-8,11-12H2,1H3. The SMILES string of the molecule is CN(Cc1cccnc1)Cc1cc(N2CCOCC2)nc(Cl)n1. The van der Waals surface area contributed by atoms with E-state index in [0.717, 1.165) is 44.4 Å². The van der Waals surface area contributed by atoms with Crippen LogP contribution < -0.4 is 4.90 Å². The van der Waals surface area contributed by atoms with Crippen molar-refractivity contribution in [3.8, 4) is 0 Å². The molecule has 2 aromatic heterocycles. The largest absolute Gasteiger partial charge is 0.378 e. The van der Waals surface area contributed by atoms with Gasteiger partial charge in [-0.05, 0) is 30.3 Å². The minimum Gasteiger partial charge on any atom is -0.378 e. The van der Waals surface area contributed by atoms with Gasteiger partial charge in [-0.2, -0.15) is 0 Å². The number of anilines is 1. The summed E-state index contributed by atoms with van der Waals surface area (Å²) in [6.45, 7) is 4.61. The van der Waals surface area contributed by atoms with Gasteiger partial charge in [-0.1, -0.05) is 6.07 Å². The molecule has 2 aromatic rings. The van der Waals surface area contributed by atoms with E-state index >= 15 is 0 Å². The van der Waals surface area contributed by atoms with Crippen molar-refractivity contribution in [3.05, 3.63) is 47.1 Å². The number of morpholine rings is 1. The lowest BCUT2D eigenvalue weighted by Crippen LogP contribution is -2.37. The predicted molar refractivity (Wildman–Crippen MR) is 89.5 cm³/mol. The molecule has 3 rings (SSSR count). The highest BCUT2D eigenvalue weighted by Gasteiger charge is 2.15. The second kappa shape index (κ2) is 7.68. The summed E-state index contributed by atoms with van der Waals surface area (Å²) in [6, 6.07) is 6.02. The Bertz CT molecular complexity index is 634. The summed E-state index contributed by atoms with van der Waals surface area (Å²) in [5.74, 6) is 0.873. The van der Waals surface area contributed by atoms with Crippen molar-refractivity contribution < 1.29 is 4.74 Å². The maximum atomic E-state index is 6.10. The van der Waals surface area contributed by atoms with Gasteiger partial charge in [0.1, 0.15) is 5.82 Å². The minimum atomic E-state index is 0.291. The van der Waals surface area contributed by atoms with Crippen molar-refractivity contribution >= 4 is 17.4 Å². The number of hydrogen-bond acceptors (Lipinski definition) is 6. The van der Waals surface area contributed by atoms with Gasteiger partial charge in [-0.3, -0.25) is 9.88 Å². The van der Waals surface area contributed by atoms with E-state index < -0.39 is 0 Å². The molecule has 0 aromatic carbocycles. The van der Waals surface area contributed by atoms with Gasteiger partial charge in [0.2, 0.25) is 5.28 Å². The molecule has 0 spiro atoms. The summed E-state index contributed by atoms with van der Waals surface area (Å²) in [7, 11) is 2.05. The number of pyridine rings is 1. The van der Waals surface area contributed by atoms with Crippen LogP contribution in [0, 0.1) is 0 Å². The van der Waals surface area contributed by atoms with Crippen molar-refractivity contribution in [3.63, 3.8) is 0 Å². The topological polar surface area (TPSA) is 54.4 Å². The van der Waals surface area contributed by atoms with Crippen LogP contribution in [0.1, 0.15) is 11.3 Å². The number of halogens is 1. The quantitative estimate of drug-likeness (QED) is 0.780. The van der Waals surface area contributed by atoms with Gasteiger partial charge < -0.3 is 9.64 Å². The van der Waals surface area contributed by atoms with Gasteiger partial charge in [0.15, 0.2) is 0 Å². The van der Waals surface area contributed by atoms with E-state index in [-0.39, 0.29) is 0 Å². The number of hydrogen-bond donors (Lipinski definition) is 0. The Morgan fingerprint density at radius 1 is 1.26 bits per heavy atom. The summed E-state index contributed by atoms with van der Waals surface area (Å²) in [5, 5.41) is 0.291. The molecule has 0 radical (unpaired) electrons. The lowest BCUT2D eigenvalue weighted by molar-refractivity contribution is 0.122. The molecule has 0 aliphatic carbocycles. The van der Waals surface area contributed by atoms with Crippen LogP contribution in [0.25, 0.3) is 0 Å². The molecule has 1 aliphatic rings. The van der Waals surface area contributed by atoms with Crippen LogP contribution in [0.2, 0.25) is 5.28 Å². The van der Waals surface area contributed by atoms with E-state index in [0.29, 0.717) is 11.8 Å². The van der Waals surface area contributed by atoms with Gasteiger partial charge >= 0.3 is 0 Å². The smallest absolute Gasteiger partial charge is 0.224 e. The lowest BCUT2D eigenvalue weighted by Gasteiger charge is -2.28. The molecule has 1 saturated heterocycles. The third-order valence-corrected chi connectivity index (χ3v) is 3.85. The number of rotatable bonds is 5. The summed E-state index contributed by atoms with van der Waals surface area (Å²) in [5.41, 5.74) is 2.08. The average Bonchev–Trinajstić information content (AvgIpc) is 2.56. The first-order chi connectivity index (χ1) is 11.2. The van der Waals surface area contributed by atoms with E-state index in [9.17, 15) is 0 Å². The molecular weight excluding hydrogens is 314 g/mol. The molecule has 6 nitrogen and oxygen atoms in total. The Hall–Kier alpha value is -1.76. The first-order valence-corrected chi connectivity index (χ1v) is 8.02. The van der Waals surface area contributed by atoms with Crippen molar-refractivity contribution in [1.29, 1.82) is 0 Å². The molecule has 0 unspecified atom stereocenters. The predicted octanol–water partition coefficient (Wildman–Crippen LogP) is 1.99. The first-order valence-electron chi connectivity index (χ1n) is 7.64.